The summed E-state index contributed by atoms with van der Waals surface area (Å²) in [6, 6.07) is 6.27. The Bertz CT molecular complexity index is 197. The number of rotatable bonds is 2. The van der Waals surface area contributed by atoms with E-state index in [0.29, 0.717) is 5.69 Å². The minimum atomic E-state index is 0.198. The molecule has 0 aliphatic rings. The summed E-state index contributed by atoms with van der Waals surface area (Å²) in [6.45, 7) is 0. The summed E-state index contributed by atoms with van der Waals surface area (Å²) in [5.41, 5.74) is 4.88. The number of hydrogen-bond donors (Lipinski definition) is 4. The lowest BCUT2D eigenvalue weighted by Gasteiger charge is -2.00. The molecule has 0 fully saturated rings. The van der Waals surface area contributed by atoms with Gasteiger partial charge >= 0.3 is 0 Å². The molecular formula is C6H8N2O2. The van der Waals surface area contributed by atoms with Crippen molar-refractivity contribution >= 4 is 5.69 Å². The Morgan fingerprint density at radius 2 is 1.70 bits per heavy atom. The summed E-state index contributed by atoms with van der Waals surface area (Å²) < 4.78 is 0. The monoisotopic (exact) mass is 140 g/mol. The molecule has 0 aliphatic heterocycles. The lowest BCUT2D eigenvalue weighted by atomic mass is 10.3. The van der Waals surface area contributed by atoms with Crippen molar-refractivity contribution in [2.75, 3.05) is 5.43 Å². The van der Waals surface area contributed by atoms with Crippen molar-refractivity contribution in [2.45, 2.75) is 0 Å². The Morgan fingerprint density at radius 3 is 2.20 bits per heavy atom. The molecule has 4 N–H and O–H groups in total. The predicted octanol–water partition coefficient (Wildman–Crippen LogP) is 0.698. The van der Waals surface area contributed by atoms with Crippen molar-refractivity contribution < 1.29 is 10.3 Å². The van der Waals surface area contributed by atoms with E-state index < -0.39 is 0 Å². The van der Waals surface area contributed by atoms with Crippen molar-refractivity contribution in [1.29, 1.82) is 0 Å². The zero-order valence-electron chi connectivity index (χ0n) is 5.20. The highest BCUT2D eigenvalue weighted by Crippen LogP contribution is 2.12. The molecule has 0 radical (unpaired) electrons. The molecule has 0 atom stereocenters. The van der Waals surface area contributed by atoms with Crippen LogP contribution >= 0.6 is 0 Å². The highest BCUT2D eigenvalue weighted by Gasteiger charge is 1.88. The number of phenolic OH excluding ortho intramolecular Hbond substituents is 1. The third-order valence-corrected chi connectivity index (χ3v) is 1.07. The first-order valence-electron chi connectivity index (χ1n) is 2.77. The first-order valence-corrected chi connectivity index (χ1v) is 2.77. The number of benzene rings is 1. The summed E-state index contributed by atoms with van der Waals surface area (Å²) >= 11 is 0. The Kier molecular flexibility index (Phi) is 2.09. The van der Waals surface area contributed by atoms with E-state index in [1.54, 1.807) is 17.7 Å². The second-order valence-electron chi connectivity index (χ2n) is 1.78. The van der Waals surface area contributed by atoms with Crippen molar-refractivity contribution in [2.24, 2.45) is 0 Å². The summed E-state index contributed by atoms with van der Waals surface area (Å²) in [5.74, 6) is 0.198. The number of nitrogens with one attached hydrogen (secondary N) is 2. The molecular weight excluding hydrogens is 132 g/mol. The number of anilines is 1. The van der Waals surface area contributed by atoms with Crippen LogP contribution in [0.4, 0.5) is 5.69 Å². The molecule has 1 aromatic carbocycles. The molecule has 54 valence electrons. The first kappa shape index (κ1) is 6.85. The van der Waals surface area contributed by atoms with Crippen LogP contribution in [-0.4, -0.2) is 10.3 Å². The van der Waals surface area contributed by atoms with E-state index in [9.17, 15) is 0 Å². The third kappa shape index (κ3) is 1.61. The first-order chi connectivity index (χ1) is 4.83. The molecule has 0 aromatic heterocycles. The molecule has 1 aromatic rings. The van der Waals surface area contributed by atoms with Crippen molar-refractivity contribution in [3.63, 3.8) is 0 Å². The van der Waals surface area contributed by atoms with Gasteiger partial charge in [0.05, 0.1) is 5.69 Å². The Morgan fingerprint density at radius 1 is 1.10 bits per heavy atom. The smallest absolute Gasteiger partial charge is 0.115 e. The van der Waals surface area contributed by atoms with Crippen LogP contribution in [-0.2, 0) is 0 Å². The molecule has 0 amide bonds. The minimum absolute atomic E-state index is 0.198. The zero-order chi connectivity index (χ0) is 7.40. The highest BCUT2D eigenvalue weighted by atomic mass is 16.5. The van der Waals surface area contributed by atoms with Gasteiger partial charge in [0.2, 0.25) is 0 Å². The summed E-state index contributed by atoms with van der Waals surface area (Å²) in [4.78, 5) is 0. The van der Waals surface area contributed by atoms with E-state index in [-0.39, 0.29) is 5.75 Å². The average Bonchev–Trinajstić information content (AvgIpc) is 1.95. The lowest BCUT2D eigenvalue weighted by Crippen LogP contribution is -2.15. The van der Waals surface area contributed by atoms with E-state index in [4.69, 9.17) is 10.3 Å². The van der Waals surface area contributed by atoms with Crippen molar-refractivity contribution in [1.82, 2.24) is 5.59 Å². The van der Waals surface area contributed by atoms with Crippen LogP contribution < -0.4 is 11.0 Å². The molecule has 10 heavy (non-hydrogen) atoms. The average molecular weight is 140 g/mol. The molecule has 0 heterocycles. The maximum atomic E-state index is 8.81. The maximum Gasteiger partial charge on any atom is 0.115 e. The SMILES string of the molecule is ONNc1ccc(O)cc1. The largest absolute Gasteiger partial charge is 0.508 e. The van der Waals surface area contributed by atoms with Crippen molar-refractivity contribution in [3.05, 3.63) is 24.3 Å². The van der Waals surface area contributed by atoms with Gasteiger partial charge < -0.3 is 5.11 Å². The van der Waals surface area contributed by atoms with Gasteiger partial charge in [0.15, 0.2) is 0 Å². The van der Waals surface area contributed by atoms with Gasteiger partial charge in [-0.2, -0.15) is 0 Å². The number of hydrazine groups is 1. The standard InChI is InChI=1S/C6H8N2O2/c9-6-3-1-5(2-4-6)7-8-10/h1-4,7-10H. The number of hydrogen-bond acceptors (Lipinski definition) is 4. The predicted molar refractivity (Wildman–Crippen MR) is 36.7 cm³/mol. The van der Waals surface area contributed by atoms with Crippen LogP contribution in [0, 0.1) is 0 Å². The van der Waals surface area contributed by atoms with E-state index in [2.05, 4.69) is 5.43 Å². The van der Waals surface area contributed by atoms with Crippen LogP contribution in [0.1, 0.15) is 0 Å². The fourth-order valence-corrected chi connectivity index (χ4v) is 0.609. The van der Waals surface area contributed by atoms with Crippen molar-refractivity contribution in [3.8, 4) is 5.75 Å². The number of phenols is 1. The van der Waals surface area contributed by atoms with Crippen LogP contribution in [0.3, 0.4) is 0 Å². The molecule has 0 saturated heterocycles. The molecule has 0 aliphatic carbocycles. The van der Waals surface area contributed by atoms with Gasteiger partial charge in [-0.1, -0.05) is 0 Å². The molecule has 0 bridgehead atoms. The fourth-order valence-electron chi connectivity index (χ4n) is 0.609. The van der Waals surface area contributed by atoms with Gasteiger partial charge in [-0.05, 0) is 24.3 Å². The molecule has 4 heteroatoms. The Labute approximate surface area is 58.0 Å². The molecule has 0 unspecified atom stereocenters. The molecule has 1 rings (SSSR count). The van der Waals surface area contributed by atoms with Crippen LogP contribution in [0.25, 0.3) is 0 Å². The quantitative estimate of drug-likeness (QED) is 0.360. The summed E-state index contributed by atoms with van der Waals surface area (Å²) in [7, 11) is 0. The Hall–Kier alpha value is -1.26. The number of aromatic hydroxyl groups is 1. The van der Waals surface area contributed by atoms with Gasteiger partial charge in [-0.3, -0.25) is 10.6 Å². The Balaban J connectivity index is 2.69. The van der Waals surface area contributed by atoms with Crippen LogP contribution in [0.15, 0.2) is 24.3 Å². The summed E-state index contributed by atoms with van der Waals surface area (Å²) in [5, 5.41) is 17.0. The van der Waals surface area contributed by atoms with E-state index in [0.717, 1.165) is 0 Å². The van der Waals surface area contributed by atoms with E-state index in [1.807, 2.05) is 0 Å². The molecule has 0 saturated carbocycles. The normalized spacial score (nSPS) is 9.30. The fraction of sp³-hybridized carbons (Fsp3) is 0. The van der Waals surface area contributed by atoms with Gasteiger partial charge in [-0.25, -0.2) is 0 Å². The van der Waals surface area contributed by atoms with Crippen LogP contribution in [0.5, 0.6) is 5.75 Å². The van der Waals surface area contributed by atoms with E-state index >= 15 is 0 Å². The third-order valence-electron chi connectivity index (χ3n) is 1.07. The van der Waals surface area contributed by atoms with Crippen LogP contribution in [0.2, 0.25) is 0 Å². The second kappa shape index (κ2) is 3.05. The van der Waals surface area contributed by atoms with Gasteiger partial charge in [0.25, 0.3) is 0 Å². The summed E-state index contributed by atoms with van der Waals surface area (Å²) in [6.07, 6.45) is 0. The van der Waals surface area contributed by atoms with Gasteiger partial charge in [0.1, 0.15) is 5.75 Å². The van der Waals surface area contributed by atoms with E-state index in [1.165, 1.54) is 12.1 Å². The molecule has 0 spiro atoms. The van der Waals surface area contributed by atoms with Gasteiger partial charge in [0, 0.05) is 0 Å². The lowest BCUT2D eigenvalue weighted by molar-refractivity contribution is 0.192. The maximum absolute atomic E-state index is 8.81. The zero-order valence-corrected chi connectivity index (χ0v) is 5.20. The topological polar surface area (TPSA) is 64.5 Å². The second-order valence-corrected chi connectivity index (χ2v) is 1.78. The minimum Gasteiger partial charge on any atom is -0.508 e. The van der Waals surface area contributed by atoms with Gasteiger partial charge in [-0.15, -0.1) is 5.59 Å². The molecule has 4 nitrogen and oxygen atoms in total. The highest BCUT2D eigenvalue weighted by molar-refractivity contribution is 5.44.